The number of aliphatic imine (C=N–C) groups is 1. The molecule has 0 aliphatic heterocycles. The van der Waals surface area contributed by atoms with Gasteiger partial charge >= 0.3 is 6.61 Å². The Morgan fingerprint density at radius 3 is 2.37 bits per heavy atom. The molecule has 0 spiro atoms. The van der Waals surface area contributed by atoms with Crippen LogP contribution in [0.2, 0.25) is 0 Å². The van der Waals surface area contributed by atoms with Crippen LogP contribution in [-0.2, 0) is 28.9 Å². The second-order valence-electron chi connectivity index (χ2n) is 6.31. The fraction of sp³-hybridized carbons (Fsp3) is 0.350. The summed E-state index contributed by atoms with van der Waals surface area (Å²) in [4.78, 5) is 4.48. The zero-order valence-electron chi connectivity index (χ0n) is 16.9. The highest BCUT2D eigenvalue weighted by atomic mass is 32.2. The van der Waals surface area contributed by atoms with E-state index in [-0.39, 0.29) is 18.0 Å². The number of halogens is 2. The maximum absolute atomic E-state index is 12.6. The first-order valence-corrected chi connectivity index (χ1v) is 11.0. The van der Waals surface area contributed by atoms with Gasteiger partial charge in [0.25, 0.3) is 0 Å². The Labute approximate surface area is 175 Å². The fourth-order valence-electron chi connectivity index (χ4n) is 2.58. The first-order chi connectivity index (χ1) is 14.3. The number of hydrogen-bond acceptors (Lipinski definition) is 4. The summed E-state index contributed by atoms with van der Waals surface area (Å²) < 4.78 is 55.2. The van der Waals surface area contributed by atoms with E-state index in [4.69, 9.17) is 0 Å². The van der Waals surface area contributed by atoms with Gasteiger partial charge in [0.1, 0.15) is 5.75 Å². The quantitative estimate of drug-likeness (QED) is 0.390. The average Bonchev–Trinajstić information content (AvgIpc) is 2.71. The van der Waals surface area contributed by atoms with E-state index < -0.39 is 16.6 Å². The SMILES string of the molecule is CCNC(=NCc1ccc(CS(=O)(=O)NC)cc1)NCc1ccccc1OC(F)F. The van der Waals surface area contributed by atoms with Gasteiger partial charge < -0.3 is 15.4 Å². The number of nitrogens with one attached hydrogen (secondary N) is 3. The van der Waals surface area contributed by atoms with Gasteiger partial charge in [-0.15, -0.1) is 0 Å². The molecule has 0 saturated heterocycles. The predicted molar refractivity (Wildman–Crippen MR) is 113 cm³/mol. The van der Waals surface area contributed by atoms with Crippen molar-refractivity contribution in [3.05, 3.63) is 65.2 Å². The number of ether oxygens (including phenoxy) is 1. The smallest absolute Gasteiger partial charge is 0.387 e. The molecule has 7 nitrogen and oxygen atoms in total. The van der Waals surface area contributed by atoms with E-state index in [0.717, 1.165) is 5.56 Å². The van der Waals surface area contributed by atoms with Gasteiger partial charge in [-0.25, -0.2) is 18.1 Å². The Bertz CT molecular complexity index is 935. The molecule has 30 heavy (non-hydrogen) atoms. The minimum absolute atomic E-state index is 0.0860. The van der Waals surface area contributed by atoms with Crippen molar-refractivity contribution in [3.8, 4) is 5.75 Å². The molecule has 0 fully saturated rings. The molecule has 0 radical (unpaired) electrons. The zero-order chi connectivity index (χ0) is 22.0. The molecular formula is C20H26F2N4O3S. The van der Waals surface area contributed by atoms with Gasteiger partial charge in [0.05, 0.1) is 12.3 Å². The lowest BCUT2D eigenvalue weighted by Crippen LogP contribution is -2.36. The maximum atomic E-state index is 12.6. The van der Waals surface area contributed by atoms with E-state index in [1.54, 1.807) is 30.3 Å². The van der Waals surface area contributed by atoms with Gasteiger partial charge in [-0.2, -0.15) is 8.78 Å². The van der Waals surface area contributed by atoms with E-state index in [0.29, 0.717) is 30.2 Å². The molecular weight excluding hydrogens is 414 g/mol. The number of benzene rings is 2. The molecule has 164 valence electrons. The fourth-order valence-corrected chi connectivity index (χ4v) is 3.36. The van der Waals surface area contributed by atoms with Gasteiger partial charge in [0.2, 0.25) is 10.0 Å². The third-order valence-electron chi connectivity index (χ3n) is 4.09. The van der Waals surface area contributed by atoms with Crippen LogP contribution in [0.15, 0.2) is 53.5 Å². The number of para-hydroxylation sites is 1. The van der Waals surface area contributed by atoms with Crippen LogP contribution in [0.1, 0.15) is 23.6 Å². The van der Waals surface area contributed by atoms with Crippen LogP contribution >= 0.6 is 0 Å². The standard InChI is InChI=1S/C20H26F2N4O3S/c1-3-24-20(26-13-17-6-4-5-7-18(17)29-19(21)22)25-12-15-8-10-16(11-9-15)14-30(27,28)23-2/h4-11,19,23H,3,12-14H2,1-2H3,(H2,24,25,26). The number of hydrogen-bond donors (Lipinski definition) is 3. The lowest BCUT2D eigenvalue weighted by molar-refractivity contribution is -0.0504. The van der Waals surface area contributed by atoms with Crippen molar-refractivity contribution in [2.24, 2.45) is 4.99 Å². The van der Waals surface area contributed by atoms with Crippen molar-refractivity contribution in [2.75, 3.05) is 13.6 Å². The van der Waals surface area contributed by atoms with Crippen LogP contribution in [0.5, 0.6) is 5.75 Å². The largest absolute Gasteiger partial charge is 0.434 e. The van der Waals surface area contributed by atoms with Gasteiger partial charge in [0, 0.05) is 18.7 Å². The molecule has 2 rings (SSSR count). The van der Waals surface area contributed by atoms with Crippen LogP contribution in [0, 0.1) is 0 Å². The molecule has 0 amide bonds. The Morgan fingerprint density at radius 1 is 1.07 bits per heavy atom. The number of nitrogens with zero attached hydrogens (tertiary/aromatic N) is 1. The number of alkyl halides is 2. The van der Waals surface area contributed by atoms with E-state index in [1.807, 2.05) is 19.1 Å². The molecule has 0 unspecified atom stereocenters. The highest BCUT2D eigenvalue weighted by molar-refractivity contribution is 7.88. The summed E-state index contributed by atoms with van der Waals surface area (Å²) in [5.74, 6) is 0.547. The van der Waals surface area contributed by atoms with Crippen molar-refractivity contribution in [1.29, 1.82) is 0 Å². The average molecular weight is 441 g/mol. The normalized spacial score (nSPS) is 12.1. The molecule has 10 heteroatoms. The molecule has 0 aromatic heterocycles. The van der Waals surface area contributed by atoms with Crippen LogP contribution < -0.4 is 20.1 Å². The third kappa shape index (κ3) is 7.96. The Morgan fingerprint density at radius 2 is 1.73 bits per heavy atom. The van der Waals surface area contributed by atoms with E-state index >= 15 is 0 Å². The Kier molecular flexibility index (Phi) is 9.00. The summed E-state index contributed by atoms with van der Waals surface area (Å²) in [6.45, 7) is 0.280. The molecule has 0 heterocycles. The molecule has 3 N–H and O–H groups in total. The third-order valence-corrected chi connectivity index (χ3v) is 5.42. The van der Waals surface area contributed by atoms with Crippen molar-refractivity contribution in [3.63, 3.8) is 0 Å². The highest BCUT2D eigenvalue weighted by Gasteiger charge is 2.10. The molecule has 2 aromatic rings. The van der Waals surface area contributed by atoms with Crippen LogP contribution in [0.25, 0.3) is 0 Å². The zero-order valence-corrected chi connectivity index (χ0v) is 17.7. The summed E-state index contributed by atoms with van der Waals surface area (Å²) >= 11 is 0. The first-order valence-electron chi connectivity index (χ1n) is 9.37. The Balaban J connectivity index is 2.01. The predicted octanol–water partition coefficient (Wildman–Crippen LogP) is 2.59. The highest BCUT2D eigenvalue weighted by Crippen LogP contribution is 2.19. The summed E-state index contributed by atoms with van der Waals surface area (Å²) in [6, 6.07) is 13.7. The molecule has 0 saturated carbocycles. The van der Waals surface area contributed by atoms with E-state index in [1.165, 1.54) is 13.1 Å². The summed E-state index contributed by atoms with van der Waals surface area (Å²) in [5.41, 5.74) is 2.16. The van der Waals surface area contributed by atoms with Crippen molar-refractivity contribution < 1.29 is 21.9 Å². The van der Waals surface area contributed by atoms with Crippen molar-refractivity contribution in [2.45, 2.75) is 32.4 Å². The summed E-state index contributed by atoms with van der Waals surface area (Å²) in [5, 5.41) is 6.19. The summed E-state index contributed by atoms with van der Waals surface area (Å²) in [7, 11) is -1.94. The Hall–Kier alpha value is -2.72. The van der Waals surface area contributed by atoms with Gasteiger partial charge in [0.15, 0.2) is 5.96 Å². The van der Waals surface area contributed by atoms with Crippen LogP contribution in [0.3, 0.4) is 0 Å². The van der Waals surface area contributed by atoms with Crippen LogP contribution in [0.4, 0.5) is 8.78 Å². The molecule has 0 aliphatic carbocycles. The number of sulfonamides is 1. The van der Waals surface area contributed by atoms with Gasteiger partial charge in [-0.3, -0.25) is 0 Å². The second-order valence-corrected chi connectivity index (χ2v) is 8.24. The van der Waals surface area contributed by atoms with E-state index in [9.17, 15) is 17.2 Å². The monoisotopic (exact) mass is 440 g/mol. The molecule has 0 atom stereocenters. The van der Waals surface area contributed by atoms with E-state index in [2.05, 4.69) is 25.1 Å². The second kappa shape index (κ2) is 11.5. The molecule has 0 aliphatic rings. The lowest BCUT2D eigenvalue weighted by atomic mass is 10.1. The maximum Gasteiger partial charge on any atom is 0.387 e. The number of guanidine groups is 1. The van der Waals surface area contributed by atoms with Gasteiger partial charge in [-0.05, 0) is 31.2 Å². The molecule has 2 aromatic carbocycles. The topological polar surface area (TPSA) is 91.8 Å². The minimum Gasteiger partial charge on any atom is -0.434 e. The number of rotatable bonds is 10. The first kappa shape index (κ1) is 23.6. The van der Waals surface area contributed by atoms with Crippen molar-refractivity contribution >= 4 is 16.0 Å². The van der Waals surface area contributed by atoms with Crippen LogP contribution in [-0.4, -0.2) is 34.6 Å². The van der Waals surface area contributed by atoms with Crippen molar-refractivity contribution in [1.82, 2.24) is 15.4 Å². The minimum atomic E-state index is -3.32. The summed E-state index contributed by atoms with van der Waals surface area (Å²) in [6.07, 6.45) is 0. The lowest BCUT2D eigenvalue weighted by Gasteiger charge is -2.14. The molecule has 0 bridgehead atoms. The van der Waals surface area contributed by atoms with Gasteiger partial charge in [-0.1, -0.05) is 42.5 Å².